The molecule has 0 unspecified atom stereocenters. The van der Waals surface area contributed by atoms with Crippen molar-refractivity contribution in [2.45, 2.75) is 56.8 Å². The van der Waals surface area contributed by atoms with Crippen molar-refractivity contribution >= 4 is 27.3 Å². The van der Waals surface area contributed by atoms with Gasteiger partial charge in [0.05, 0.1) is 4.90 Å². The molecule has 4 aliphatic carbocycles. The number of sulfonamides is 1. The van der Waals surface area contributed by atoms with Gasteiger partial charge in [-0.3, -0.25) is 9.52 Å². The Hall–Kier alpha value is -3.12. The molecule has 7 rings (SSSR count). The van der Waals surface area contributed by atoms with Gasteiger partial charge in [0.15, 0.2) is 0 Å². The lowest BCUT2D eigenvalue weighted by Crippen LogP contribution is -2.43. The summed E-state index contributed by atoms with van der Waals surface area (Å²) in [6.45, 7) is 3.68. The summed E-state index contributed by atoms with van der Waals surface area (Å²) in [5.41, 5.74) is 4.54. The van der Waals surface area contributed by atoms with Crippen molar-refractivity contribution in [3.8, 4) is 0 Å². The molecule has 192 valence electrons. The van der Waals surface area contributed by atoms with E-state index in [4.69, 9.17) is 0 Å². The van der Waals surface area contributed by atoms with Crippen molar-refractivity contribution in [2.24, 2.45) is 23.7 Å². The SMILES string of the molecule is Cc1ccc(NS(=O)(=O)c2cc(C(=O)Nc3ccc(C4C5CC6CC(C5)CC4C6)cc3)ccc2C)cc1. The van der Waals surface area contributed by atoms with Gasteiger partial charge in [-0.15, -0.1) is 0 Å². The second kappa shape index (κ2) is 9.32. The molecule has 2 N–H and O–H groups in total. The Bertz CT molecular complexity index is 1400. The molecule has 4 fully saturated rings. The summed E-state index contributed by atoms with van der Waals surface area (Å²) in [6.07, 6.45) is 6.98. The first kappa shape index (κ1) is 24.2. The van der Waals surface area contributed by atoms with E-state index in [0.717, 1.165) is 34.9 Å². The molecule has 5 nitrogen and oxygen atoms in total. The van der Waals surface area contributed by atoms with Crippen LogP contribution in [0.15, 0.2) is 71.6 Å². The first-order valence-electron chi connectivity index (χ1n) is 13.4. The molecule has 0 aromatic heterocycles. The van der Waals surface area contributed by atoms with Crippen LogP contribution in [-0.4, -0.2) is 14.3 Å². The van der Waals surface area contributed by atoms with Gasteiger partial charge >= 0.3 is 0 Å². The molecule has 4 bridgehead atoms. The van der Waals surface area contributed by atoms with E-state index >= 15 is 0 Å². The molecule has 0 aliphatic heterocycles. The van der Waals surface area contributed by atoms with Gasteiger partial charge in [-0.2, -0.15) is 0 Å². The Balaban J connectivity index is 1.17. The lowest BCUT2D eigenvalue weighted by molar-refractivity contribution is -0.00277. The minimum absolute atomic E-state index is 0.0953. The van der Waals surface area contributed by atoms with E-state index < -0.39 is 10.0 Å². The lowest BCUT2D eigenvalue weighted by Gasteiger charge is -2.54. The Labute approximate surface area is 219 Å². The number of nitrogens with one attached hydrogen (secondary N) is 2. The minimum atomic E-state index is -3.84. The average molecular weight is 515 g/mol. The number of carbonyl (C=O) groups is 1. The molecule has 3 aromatic carbocycles. The fourth-order valence-electron chi connectivity index (χ4n) is 7.32. The average Bonchev–Trinajstić information content (AvgIpc) is 2.86. The van der Waals surface area contributed by atoms with Crippen LogP contribution in [0, 0.1) is 37.5 Å². The number of carbonyl (C=O) groups excluding carboxylic acids is 1. The van der Waals surface area contributed by atoms with Crippen LogP contribution in [0.4, 0.5) is 11.4 Å². The van der Waals surface area contributed by atoms with E-state index in [1.54, 1.807) is 31.2 Å². The first-order valence-corrected chi connectivity index (χ1v) is 14.8. The zero-order valence-electron chi connectivity index (χ0n) is 21.4. The van der Waals surface area contributed by atoms with Crippen LogP contribution in [-0.2, 0) is 10.0 Å². The van der Waals surface area contributed by atoms with Gasteiger partial charge < -0.3 is 5.32 Å². The maximum absolute atomic E-state index is 13.1. The van der Waals surface area contributed by atoms with Crippen LogP contribution in [0.3, 0.4) is 0 Å². The molecular weight excluding hydrogens is 480 g/mol. The van der Waals surface area contributed by atoms with Crippen LogP contribution in [0.25, 0.3) is 0 Å². The summed E-state index contributed by atoms with van der Waals surface area (Å²) in [5, 5.41) is 2.95. The molecule has 6 heteroatoms. The maximum atomic E-state index is 13.1. The smallest absolute Gasteiger partial charge is 0.262 e. The molecule has 0 heterocycles. The highest BCUT2D eigenvalue weighted by Crippen LogP contribution is 2.59. The highest BCUT2D eigenvalue weighted by molar-refractivity contribution is 7.92. The second-order valence-corrected chi connectivity index (χ2v) is 13.1. The largest absolute Gasteiger partial charge is 0.322 e. The maximum Gasteiger partial charge on any atom is 0.262 e. The fraction of sp³-hybridized carbons (Fsp3) is 0.387. The van der Waals surface area contributed by atoms with Gasteiger partial charge in [0, 0.05) is 16.9 Å². The van der Waals surface area contributed by atoms with E-state index in [0.29, 0.717) is 22.7 Å². The summed E-state index contributed by atoms with van der Waals surface area (Å²) >= 11 is 0. The van der Waals surface area contributed by atoms with E-state index in [1.165, 1.54) is 43.7 Å². The summed E-state index contributed by atoms with van der Waals surface area (Å²) < 4.78 is 28.8. The van der Waals surface area contributed by atoms with Crippen molar-refractivity contribution in [1.29, 1.82) is 0 Å². The molecule has 0 saturated heterocycles. The minimum Gasteiger partial charge on any atom is -0.322 e. The third-order valence-corrected chi connectivity index (χ3v) is 10.3. The number of hydrogen-bond donors (Lipinski definition) is 2. The van der Waals surface area contributed by atoms with Crippen LogP contribution in [0.5, 0.6) is 0 Å². The number of amides is 1. The van der Waals surface area contributed by atoms with Gasteiger partial charge in [-0.05, 0) is 123 Å². The molecule has 0 spiro atoms. The van der Waals surface area contributed by atoms with E-state index in [9.17, 15) is 13.2 Å². The predicted octanol–water partition coefficient (Wildman–Crippen LogP) is 6.90. The summed E-state index contributed by atoms with van der Waals surface area (Å²) in [4.78, 5) is 13.2. The molecule has 0 radical (unpaired) electrons. The molecule has 37 heavy (non-hydrogen) atoms. The number of aryl methyl sites for hydroxylation is 2. The normalized spacial score (nSPS) is 26.2. The van der Waals surface area contributed by atoms with E-state index in [2.05, 4.69) is 22.2 Å². The van der Waals surface area contributed by atoms with Gasteiger partial charge in [0.2, 0.25) is 0 Å². The third kappa shape index (κ3) is 4.79. The standard InChI is InChI=1S/C31H34N2O3S/c1-19-3-9-28(10-4-19)33-37(35,36)29-18-24(6-5-20(29)2)31(34)32-27-11-7-23(8-12-27)30-25-14-21-13-22(16-25)17-26(30)15-21/h3-12,18,21-22,25-26,30,33H,13-17H2,1-2H3,(H,32,34). The molecule has 0 atom stereocenters. The zero-order valence-corrected chi connectivity index (χ0v) is 22.2. The second-order valence-electron chi connectivity index (χ2n) is 11.5. The Kier molecular flexibility index (Phi) is 6.10. The lowest BCUT2D eigenvalue weighted by atomic mass is 9.51. The molecule has 4 saturated carbocycles. The van der Waals surface area contributed by atoms with Crippen LogP contribution in [0.2, 0.25) is 0 Å². The van der Waals surface area contributed by atoms with Crippen molar-refractivity contribution < 1.29 is 13.2 Å². The van der Waals surface area contributed by atoms with Crippen molar-refractivity contribution in [3.05, 3.63) is 89.0 Å². The zero-order chi connectivity index (χ0) is 25.7. The van der Waals surface area contributed by atoms with Gasteiger partial charge in [-0.25, -0.2) is 8.42 Å². The van der Waals surface area contributed by atoms with Crippen molar-refractivity contribution in [2.75, 3.05) is 10.0 Å². The Morgan fingerprint density at radius 1 is 0.757 bits per heavy atom. The van der Waals surface area contributed by atoms with Gasteiger partial charge in [-0.1, -0.05) is 35.9 Å². The predicted molar refractivity (Wildman–Crippen MR) is 147 cm³/mol. The number of anilines is 2. The van der Waals surface area contributed by atoms with Gasteiger partial charge in [0.25, 0.3) is 15.9 Å². The van der Waals surface area contributed by atoms with Crippen molar-refractivity contribution in [3.63, 3.8) is 0 Å². The highest BCUT2D eigenvalue weighted by atomic mass is 32.2. The number of rotatable bonds is 6. The Morgan fingerprint density at radius 3 is 1.97 bits per heavy atom. The van der Waals surface area contributed by atoms with Crippen LogP contribution >= 0.6 is 0 Å². The molecule has 3 aromatic rings. The monoisotopic (exact) mass is 514 g/mol. The first-order chi connectivity index (χ1) is 17.7. The fourth-order valence-corrected chi connectivity index (χ4v) is 8.65. The van der Waals surface area contributed by atoms with E-state index in [1.807, 2.05) is 31.2 Å². The molecule has 4 aliphatic rings. The summed E-state index contributed by atoms with van der Waals surface area (Å²) in [5.74, 6) is 3.87. The summed E-state index contributed by atoms with van der Waals surface area (Å²) in [7, 11) is -3.84. The topological polar surface area (TPSA) is 75.3 Å². The molecule has 1 amide bonds. The Morgan fingerprint density at radius 2 is 1.35 bits per heavy atom. The number of hydrogen-bond acceptors (Lipinski definition) is 3. The quantitative estimate of drug-likeness (QED) is 0.376. The van der Waals surface area contributed by atoms with Crippen LogP contribution in [0.1, 0.15) is 65.1 Å². The van der Waals surface area contributed by atoms with Crippen LogP contribution < -0.4 is 10.0 Å². The highest BCUT2D eigenvalue weighted by Gasteiger charge is 2.48. The van der Waals surface area contributed by atoms with E-state index in [-0.39, 0.29) is 10.8 Å². The van der Waals surface area contributed by atoms with Crippen molar-refractivity contribution in [1.82, 2.24) is 0 Å². The molecular formula is C31H34N2O3S. The summed E-state index contributed by atoms with van der Waals surface area (Å²) in [6, 6.07) is 20.3. The number of benzene rings is 3. The third-order valence-electron chi connectivity index (χ3n) is 8.82. The van der Waals surface area contributed by atoms with Gasteiger partial charge in [0.1, 0.15) is 0 Å².